The molecule has 19 heavy (non-hydrogen) atoms. The van der Waals surface area contributed by atoms with Crippen molar-refractivity contribution in [3.05, 3.63) is 28.1 Å². The van der Waals surface area contributed by atoms with Crippen LogP contribution >= 0.6 is 33.9 Å². The fraction of sp³-hybridized carbons (Fsp3) is 0.0833. The molecular weight excluding hydrogens is 375 g/mol. The van der Waals surface area contributed by atoms with Gasteiger partial charge < -0.3 is 10.5 Å². The Labute approximate surface area is 127 Å². The van der Waals surface area contributed by atoms with Gasteiger partial charge in [-0.15, -0.1) is 0 Å². The number of nitrogens with zero attached hydrogens (tertiary/aromatic N) is 3. The van der Waals surface area contributed by atoms with Crippen molar-refractivity contribution in [2.75, 3.05) is 12.8 Å². The van der Waals surface area contributed by atoms with E-state index in [0.717, 1.165) is 24.7 Å². The van der Waals surface area contributed by atoms with Gasteiger partial charge in [0.25, 0.3) is 0 Å². The molecule has 0 fully saturated rings. The first-order valence-corrected chi connectivity index (χ1v) is 7.29. The molecule has 0 saturated heterocycles. The Hall–Kier alpha value is -1.48. The maximum absolute atomic E-state index is 5.81. The lowest BCUT2D eigenvalue weighted by atomic mass is 10.2. The first-order valence-electron chi connectivity index (χ1n) is 5.40. The molecule has 0 amide bonds. The molecule has 0 unspecified atom stereocenters. The second-order valence-corrected chi connectivity index (χ2v) is 6.00. The molecule has 3 rings (SSSR count). The Balaban J connectivity index is 2.24. The van der Waals surface area contributed by atoms with Gasteiger partial charge in [0, 0.05) is 3.57 Å². The molecule has 0 atom stereocenters. The third kappa shape index (κ3) is 2.23. The van der Waals surface area contributed by atoms with Crippen LogP contribution in [0.15, 0.2) is 24.5 Å². The zero-order chi connectivity index (χ0) is 13.4. The Bertz CT molecular complexity index is 759. The highest BCUT2D eigenvalue weighted by molar-refractivity contribution is 14.1. The summed E-state index contributed by atoms with van der Waals surface area (Å²) in [5.74, 6) is 1.18. The number of hydrogen-bond acceptors (Lipinski definition) is 6. The summed E-state index contributed by atoms with van der Waals surface area (Å²) in [7, 11) is 1.65. The maximum Gasteiger partial charge on any atom is 0.154 e. The van der Waals surface area contributed by atoms with Crippen LogP contribution in [0.2, 0.25) is 0 Å². The molecule has 2 aromatic heterocycles. The fourth-order valence-corrected chi connectivity index (χ4v) is 3.16. The van der Waals surface area contributed by atoms with Crippen LogP contribution in [0.4, 0.5) is 5.82 Å². The van der Waals surface area contributed by atoms with E-state index >= 15 is 0 Å². The van der Waals surface area contributed by atoms with Crippen LogP contribution in [0.3, 0.4) is 0 Å². The van der Waals surface area contributed by atoms with Crippen molar-refractivity contribution in [2.45, 2.75) is 0 Å². The van der Waals surface area contributed by atoms with Gasteiger partial charge in [-0.3, -0.25) is 0 Å². The van der Waals surface area contributed by atoms with Crippen molar-refractivity contribution in [2.24, 2.45) is 0 Å². The molecule has 1 aromatic carbocycles. The fourth-order valence-electron chi connectivity index (χ4n) is 1.73. The summed E-state index contributed by atoms with van der Waals surface area (Å²) in [4.78, 5) is 13.4. The van der Waals surface area contributed by atoms with Crippen LogP contribution in [0.5, 0.6) is 5.75 Å². The van der Waals surface area contributed by atoms with Gasteiger partial charge in [-0.05, 0) is 40.8 Å². The van der Waals surface area contributed by atoms with Crippen molar-refractivity contribution in [1.82, 2.24) is 15.0 Å². The lowest BCUT2D eigenvalue weighted by Gasteiger charge is -2.05. The van der Waals surface area contributed by atoms with Crippen LogP contribution in [0.25, 0.3) is 20.9 Å². The van der Waals surface area contributed by atoms with E-state index in [-0.39, 0.29) is 0 Å². The maximum atomic E-state index is 5.81. The van der Waals surface area contributed by atoms with Crippen molar-refractivity contribution in [3.63, 3.8) is 0 Å². The highest BCUT2D eigenvalue weighted by Crippen LogP contribution is 2.36. The average Bonchev–Trinajstić information content (AvgIpc) is 2.84. The number of rotatable bonds is 2. The molecule has 5 nitrogen and oxygen atoms in total. The van der Waals surface area contributed by atoms with Gasteiger partial charge in [-0.25, -0.2) is 15.0 Å². The highest BCUT2D eigenvalue weighted by Gasteiger charge is 2.14. The summed E-state index contributed by atoms with van der Waals surface area (Å²) >= 11 is 3.74. The predicted octanol–water partition coefficient (Wildman–Crippen LogP) is 2.95. The molecule has 2 heterocycles. The standard InChI is InChI=1S/C12H9IN4OS/c1-18-8-3-2-6(13)4-7(8)11-17-9-10(14)15-5-16-12(9)19-11/h2-5H,1H3,(H2,14,15,16). The van der Waals surface area contributed by atoms with Crippen LogP contribution < -0.4 is 10.5 Å². The van der Waals surface area contributed by atoms with Crippen LogP contribution in [-0.4, -0.2) is 22.1 Å². The number of halogens is 1. The lowest BCUT2D eigenvalue weighted by Crippen LogP contribution is -1.92. The van der Waals surface area contributed by atoms with E-state index in [1.165, 1.54) is 17.7 Å². The molecule has 0 spiro atoms. The minimum absolute atomic E-state index is 0.400. The van der Waals surface area contributed by atoms with Crippen molar-refractivity contribution >= 4 is 50.1 Å². The highest BCUT2D eigenvalue weighted by atomic mass is 127. The third-order valence-electron chi connectivity index (χ3n) is 2.62. The van der Waals surface area contributed by atoms with E-state index in [9.17, 15) is 0 Å². The van der Waals surface area contributed by atoms with Crippen molar-refractivity contribution < 1.29 is 4.74 Å². The minimum atomic E-state index is 0.400. The van der Waals surface area contributed by atoms with Gasteiger partial charge in [0.1, 0.15) is 27.4 Å². The summed E-state index contributed by atoms with van der Waals surface area (Å²) < 4.78 is 6.49. The number of methoxy groups -OCH3 is 1. The van der Waals surface area contributed by atoms with Crippen molar-refractivity contribution in [3.8, 4) is 16.3 Å². The first kappa shape index (κ1) is 12.5. The summed E-state index contributed by atoms with van der Waals surface area (Å²) in [5.41, 5.74) is 7.39. The van der Waals surface area contributed by atoms with Gasteiger partial charge in [0.05, 0.1) is 12.7 Å². The van der Waals surface area contributed by atoms with E-state index in [1.807, 2.05) is 18.2 Å². The topological polar surface area (TPSA) is 73.9 Å². The Kier molecular flexibility index (Phi) is 3.23. The summed E-state index contributed by atoms with van der Waals surface area (Å²) in [6, 6.07) is 5.95. The number of nitrogens with two attached hydrogens (primary N) is 1. The van der Waals surface area contributed by atoms with Gasteiger partial charge in [0.2, 0.25) is 0 Å². The zero-order valence-electron chi connectivity index (χ0n) is 9.92. The molecule has 0 radical (unpaired) electrons. The summed E-state index contributed by atoms with van der Waals surface area (Å²) in [6.45, 7) is 0. The van der Waals surface area contributed by atoms with Crippen LogP contribution in [0, 0.1) is 3.57 Å². The SMILES string of the molecule is COc1ccc(I)cc1-c1nc2c(N)ncnc2s1. The van der Waals surface area contributed by atoms with E-state index in [2.05, 4.69) is 37.5 Å². The van der Waals surface area contributed by atoms with Gasteiger partial charge in [0.15, 0.2) is 5.82 Å². The number of thiazole rings is 1. The Morgan fingerprint density at radius 1 is 1.32 bits per heavy atom. The largest absolute Gasteiger partial charge is 0.496 e. The molecule has 0 bridgehead atoms. The third-order valence-corrected chi connectivity index (χ3v) is 4.28. The minimum Gasteiger partial charge on any atom is -0.496 e. The molecule has 7 heteroatoms. The second-order valence-electron chi connectivity index (χ2n) is 3.78. The number of hydrogen-bond donors (Lipinski definition) is 1. The Morgan fingerprint density at radius 2 is 2.16 bits per heavy atom. The molecule has 2 N–H and O–H groups in total. The van der Waals surface area contributed by atoms with Crippen molar-refractivity contribution in [1.29, 1.82) is 0 Å². The monoisotopic (exact) mass is 384 g/mol. The number of aromatic nitrogens is 3. The second kappa shape index (κ2) is 4.89. The predicted molar refractivity (Wildman–Crippen MR) is 84.3 cm³/mol. The summed E-state index contributed by atoms with van der Waals surface area (Å²) in [6.07, 6.45) is 1.45. The molecule has 0 aliphatic carbocycles. The van der Waals surface area contributed by atoms with Crippen LogP contribution in [-0.2, 0) is 0 Å². The lowest BCUT2D eigenvalue weighted by molar-refractivity contribution is 0.416. The number of anilines is 1. The van der Waals surface area contributed by atoms with Gasteiger partial charge in [-0.2, -0.15) is 0 Å². The van der Waals surface area contributed by atoms with E-state index < -0.39 is 0 Å². The van der Waals surface area contributed by atoms with E-state index in [0.29, 0.717) is 11.3 Å². The van der Waals surface area contributed by atoms with E-state index in [4.69, 9.17) is 10.5 Å². The van der Waals surface area contributed by atoms with E-state index in [1.54, 1.807) is 7.11 Å². The number of fused-ring (bicyclic) bond motifs is 1. The number of benzene rings is 1. The molecule has 0 aliphatic rings. The molecule has 96 valence electrons. The average molecular weight is 384 g/mol. The van der Waals surface area contributed by atoms with Gasteiger partial charge >= 0.3 is 0 Å². The normalized spacial score (nSPS) is 10.8. The molecule has 0 saturated carbocycles. The van der Waals surface area contributed by atoms with Crippen LogP contribution in [0.1, 0.15) is 0 Å². The Morgan fingerprint density at radius 3 is 2.89 bits per heavy atom. The molecule has 3 aromatic rings. The summed E-state index contributed by atoms with van der Waals surface area (Å²) in [5, 5.41) is 0.831. The quantitative estimate of drug-likeness (QED) is 0.688. The zero-order valence-corrected chi connectivity index (χ0v) is 12.9. The van der Waals surface area contributed by atoms with Gasteiger partial charge in [-0.1, -0.05) is 11.3 Å². The smallest absolute Gasteiger partial charge is 0.154 e. The number of ether oxygens (including phenoxy) is 1. The first-order chi connectivity index (χ1) is 9.19. The molecule has 0 aliphatic heterocycles. The molecular formula is C12H9IN4OS. The number of nitrogen functional groups attached to an aromatic ring is 1.